The molecule has 0 saturated carbocycles. The van der Waals surface area contributed by atoms with Crippen LogP contribution in [-0.2, 0) is 6.61 Å². The van der Waals surface area contributed by atoms with Crippen molar-refractivity contribution in [3.8, 4) is 11.5 Å². The second-order valence-electron chi connectivity index (χ2n) is 5.40. The minimum atomic E-state index is 0.318. The lowest BCUT2D eigenvalue weighted by Crippen LogP contribution is -2.42. The maximum atomic E-state index is 5.97. The molecule has 0 amide bonds. The maximum absolute atomic E-state index is 5.97. The summed E-state index contributed by atoms with van der Waals surface area (Å²) in [6.45, 7) is 3.47. The number of methoxy groups -OCH3 is 1. The molecule has 2 aromatic carbocycles. The third-order valence-electron chi connectivity index (χ3n) is 3.87. The molecule has 116 valence electrons. The van der Waals surface area contributed by atoms with E-state index < -0.39 is 0 Å². The smallest absolute Gasteiger partial charge is 0.161 e. The third-order valence-corrected chi connectivity index (χ3v) is 3.87. The number of hydrogen-bond acceptors (Lipinski definition) is 4. The Hall–Kier alpha value is -2.04. The van der Waals surface area contributed by atoms with E-state index in [2.05, 4.69) is 34.9 Å². The van der Waals surface area contributed by atoms with Gasteiger partial charge in [0.2, 0.25) is 0 Å². The van der Waals surface area contributed by atoms with Gasteiger partial charge in [-0.2, -0.15) is 0 Å². The zero-order chi connectivity index (χ0) is 15.2. The molecular weight excluding hydrogens is 276 g/mol. The summed E-state index contributed by atoms with van der Waals surface area (Å²) in [5, 5.41) is 6.92. The Bertz CT molecular complexity index is 595. The standard InChI is InChI=1S/C18H22N2O2/c1-21-17-8-7-15(16-12-19-9-10-20-16)11-18(17)22-13-14-5-3-2-4-6-14/h2-8,11,16,19-20H,9-10,12-13H2,1H3/t16-/m1/s1. The Kier molecular flexibility index (Phi) is 4.93. The second-order valence-corrected chi connectivity index (χ2v) is 5.40. The molecule has 1 aliphatic rings. The predicted octanol–water partition coefficient (Wildman–Crippen LogP) is 2.51. The van der Waals surface area contributed by atoms with Crippen LogP contribution in [0.4, 0.5) is 0 Å². The second kappa shape index (κ2) is 7.29. The lowest BCUT2D eigenvalue weighted by Gasteiger charge is -2.25. The van der Waals surface area contributed by atoms with Gasteiger partial charge in [0.25, 0.3) is 0 Å². The summed E-state index contributed by atoms with van der Waals surface area (Å²) in [5.74, 6) is 1.56. The van der Waals surface area contributed by atoms with Crippen LogP contribution in [0.15, 0.2) is 48.5 Å². The first-order valence-corrected chi connectivity index (χ1v) is 7.65. The van der Waals surface area contributed by atoms with Crippen molar-refractivity contribution in [1.29, 1.82) is 0 Å². The molecule has 22 heavy (non-hydrogen) atoms. The molecule has 2 N–H and O–H groups in total. The zero-order valence-corrected chi connectivity index (χ0v) is 12.8. The van der Waals surface area contributed by atoms with Crippen molar-refractivity contribution in [3.05, 3.63) is 59.7 Å². The lowest BCUT2D eigenvalue weighted by molar-refractivity contribution is 0.283. The summed E-state index contributed by atoms with van der Waals surface area (Å²) < 4.78 is 11.4. The molecule has 2 aromatic rings. The normalized spacial score (nSPS) is 18.0. The van der Waals surface area contributed by atoms with Crippen molar-refractivity contribution in [2.45, 2.75) is 12.6 Å². The molecule has 0 spiro atoms. The van der Waals surface area contributed by atoms with Crippen LogP contribution in [0, 0.1) is 0 Å². The van der Waals surface area contributed by atoms with Gasteiger partial charge in [-0.15, -0.1) is 0 Å². The molecule has 0 radical (unpaired) electrons. The topological polar surface area (TPSA) is 42.5 Å². The van der Waals surface area contributed by atoms with Gasteiger partial charge in [-0.1, -0.05) is 36.4 Å². The summed E-state index contributed by atoms with van der Waals surface area (Å²) in [7, 11) is 1.67. The lowest BCUT2D eigenvalue weighted by atomic mass is 10.0. The minimum absolute atomic E-state index is 0.318. The van der Waals surface area contributed by atoms with E-state index >= 15 is 0 Å². The van der Waals surface area contributed by atoms with Crippen molar-refractivity contribution in [3.63, 3.8) is 0 Å². The number of rotatable bonds is 5. The van der Waals surface area contributed by atoms with E-state index in [1.54, 1.807) is 7.11 Å². The first-order valence-electron chi connectivity index (χ1n) is 7.65. The Morgan fingerprint density at radius 1 is 1.05 bits per heavy atom. The van der Waals surface area contributed by atoms with Crippen molar-refractivity contribution in [2.24, 2.45) is 0 Å². The molecule has 1 fully saturated rings. The minimum Gasteiger partial charge on any atom is -0.493 e. The zero-order valence-electron chi connectivity index (χ0n) is 12.8. The Morgan fingerprint density at radius 2 is 1.91 bits per heavy atom. The summed E-state index contributed by atoms with van der Waals surface area (Å²) >= 11 is 0. The molecule has 3 rings (SSSR count). The molecule has 0 bridgehead atoms. The molecule has 0 unspecified atom stereocenters. The van der Waals surface area contributed by atoms with Gasteiger partial charge in [-0.3, -0.25) is 0 Å². The van der Waals surface area contributed by atoms with Gasteiger partial charge in [-0.05, 0) is 23.3 Å². The van der Waals surface area contributed by atoms with Crippen LogP contribution in [0.1, 0.15) is 17.2 Å². The van der Waals surface area contributed by atoms with Gasteiger partial charge in [0.1, 0.15) is 6.61 Å². The van der Waals surface area contributed by atoms with E-state index in [4.69, 9.17) is 9.47 Å². The molecule has 4 nitrogen and oxygen atoms in total. The third kappa shape index (κ3) is 3.59. The summed E-state index contributed by atoms with van der Waals surface area (Å²) in [5.41, 5.74) is 2.36. The Balaban J connectivity index is 1.75. The van der Waals surface area contributed by atoms with Crippen molar-refractivity contribution < 1.29 is 9.47 Å². The van der Waals surface area contributed by atoms with Crippen LogP contribution < -0.4 is 20.1 Å². The van der Waals surface area contributed by atoms with Crippen molar-refractivity contribution in [2.75, 3.05) is 26.7 Å². The first kappa shape index (κ1) is 14.9. The van der Waals surface area contributed by atoms with E-state index in [1.807, 2.05) is 24.3 Å². The number of ether oxygens (including phenoxy) is 2. The molecule has 1 saturated heterocycles. The highest BCUT2D eigenvalue weighted by Crippen LogP contribution is 2.31. The molecule has 1 heterocycles. The van der Waals surface area contributed by atoms with Crippen molar-refractivity contribution in [1.82, 2.24) is 10.6 Å². The number of benzene rings is 2. The summed E-state index contributed by atoms with van der Waals surface area (Å²) in [6, 6.07) is 16.6. The molecule has 1 aliphatic heterocycles. The first-order chi connectivity index (χ1) is 10.9. The van der Waals surface area contributed by atoms with Crippen LogP contribution in [-0.4, -0.2) is 26.7 Å². The molecule has 0 aromatic heterocycles. The monoisotopic (exact) mass is 298 g/mol. The molecule has 0 aliphatic carbocycles. The molecular formula is C18H22N2O2. The average Bonchev–Trinajstić information content (AvgIpc) is 2.61. The van der Waals surface area contributed by atoms with E-state index in [1.165, 1.54) is 5.56 Å². The van der Waals surface area contributed by atoms with Crippen LogP contribution in [0.3, 0.4) is 0 Å². The van der Waals surface area contributed by atoms with Gasteiger partial charge in [0.15, 0.2) is 11.5 Å². The van der Waals surface area contributed by atoms with Gasteiger partial charge < -0.3 is 20.1 Å². The van der Waals surface area contributed by atoms with Crippen molar-refractivity contribution >= 4 is 0 Å². The maximum Gasteiger partial charge on any atom is 0.161 e. The number of piperazine rings is 1. The molecule has 4 heteroatoms. The largest absolute Gasteiger partial charge is 0.493 e. The highest BCUT2D eigenvalue weighted by molar-refractivity contribution is 5.44. The van der Waals surface area contributed by atoms with Gasteiger partial charge in [0.05, 0.1) is 7.11 Å². The Morgan fingerprint density at radius 3 is 2.64 bits per heavy atom. The van der Waals surface area contributed by atoms with Crippen LogP contribution in [0.25, 0.3) is 0 Å². The van der Waals surface area contributed by atoms with Gasteiger partial charge in [-0.25, -0.2) is 0 Å². The molecule has 1 atom stereocenters. The number of nitrogens with one attached hydrogen (secondary N) is 2. The fourth-order valence-corrected chi connectivity index (χ4v) is 2.65. The SMILES string of the molecule is COc1ccc([C@H]2CNCCN2)cc1OCc1ccccc1. The number of hydrogen-bond donors (Lipinski definition) is 2. The van der Waals surface area contributed by atoms with Gasteiger partial charge >= 0.3 is 0 Å². The fourth-order valence-electron chi connectivity index (χ4n) is 2.65. The van der Waals surface area contributed by atoms with Crippen LogP contribution in [0.5, 0.6) is 11.5 Å². The average molecular weight is 298 g/mol. The van der Waals surface area contributed by atoms with E-state index in [-0.39, 0.29) is 0 Å². The van der Waals surface area contributed by atoms with Gasteiger partial charge in [0, 0.05) is 25.7 Å². The predicted molar refractivity (Wildman–Crippen MR) is 87.4 cm³/mol. The fraction of sp³-hybridized carbons (Fsp3) is 0.333. The van der Waals surface area contributed by atoms with E-state index in [0.717, 1.165) is 36.7 Å². The highest BCUT2D eigenvalue weighted by Gasteiger charge is 2.16. The van der Waals surface area contributed by atoms with E-state index in [0.29, 0.717) is 12.6 Å². The van der Waals surface area contributed by atoms with Crippen LogP contribution >= 0.6 is 0 Å². The highest BCUT2D eigenvalue weighted by atomic mass is 16.5. The van der Waals surface area contributed by atoms with Crippen LogP contribution in [0.2, 0.25) is 0 Å². The quantitative estimate of drug-likeness (QED) is 0.890. The summed E-state index contributed by atoms with van der Waals surface area (Å²) in [6.07, 6.45) is 0. The Labute approximate surface area is 131 Å². The van der Waals surface area contributed by atoms with E-state index in [9.17, 15) is 0 Å². The summed E-state index contributed by atoms with van der Waals surface area (Å²) in [4.78, 5) is 0.